The molecule has 2 aliphatic rings. The Kier molecular flexibility index (Phi) is 4.84. The summed E-state index contributed by atoms with van der Waals surface area (Å²) in [5, 5.41) is 8.86. The Morgan fingerprint density at radius 1 is 1.11 bits per heavy atom. The number of halogens is 2. The number of rotatable bonds is 4. The highest BCUT2D eigenvalue weighted by atomic mass is 19.1. The number of terminal acetylenes is 1. The van der Waals surface area contributed by atoms with Gasteiger partial charge in [-0.2, -0.15) is 5.10 Å². The number of benzene rings is 1. The van der Waals surface area contributed by atoms with Gasteiger partial charge < -0.3 is 4.42 Å². The number of hydrogen-bond donors (Lipinski definition) is 0. The summed E-state index contributed by atoms with van der Waals surface area (Å²) in [4.78, 5) is 13.9. The highest BCUT2D eigenvalue weighted by molar-refractivity contribution is 5.64. The van der Waals surface area contributed by atoms with E-state index in [0.717, 1.165) is 29.8 Å². The first kappa shape index (κ1) is 22.5. The lowest BCUT2D eigenvalue weighted by Gasteiger charge is -2.37. The average Bonchev–Trinajstić information content (AvgIpc) is 3.52. The maximum atomic E-state index is 14.5. The summed E-state index contributed by atoms with van der Waals surface area (Å²) in [6.45, 7) is 6.24. The van der Waals surface area contributed by atoms with Crippen molar-refractivity contribution in [2.75, 3.05) is 0 Å². The molecule has 4 aromatic rings. The monoisotopic (exact) mass is 483 g/mol. The first-order valence-electron chi connectivity index (χ1n) is 11.8. The molecule has 3 heterocycles. The highest BCUT2D eigenvalue weighted by Gasteiger charge is 2.65. The number of hydrogen-bond acceptors (Lipinski definition) is 6. The molecule has 180 valence electrons. The second kappa shape index (κ2) is 7.76. The molecule has 8 heteroatoms. The van der Waals surface area contributed by atoms with Crippen LogP contribution in [0.15, 0.2) is 47.3 Å². The van der Waals surface area contributed by atoms with Gasteiger partial charge in [-0.15, -0.1) is 11.5 Å². The summed E-state index contributed by atoms with van der Waals surface area (Å²) in [7, 11) is 0. The Morgan fingerprint density at radius 2 is 1.89 bits per heavy atom. The van der Waals surface area contributed by atoms with Crippen LogP contribution in [0.3, 0.4) is 0 Å². The number of oxazole rings is 1. The van der Waals surface area contributed by atoms with E-state index in [0.29, 0.717) is 17.3 Å². The van der Waals surface area contributed by atoms with Crippen LogP contribution in [0.5, 0.6) is 0 Å². The smallest absolute Gasteiger partial charge is 0.246 e. The van der Waals surface area contributed by atoms with Gasteiger partial charge in [0.2, 0.25) is 5.89 Å². The van der Waals surface area contributed by atoms with E-state index < -0.39 is 17.0 Å². The van der Waals surface area contributed by atoms with Gasteiger partial charge in [0.15, 0.2) is 0 Å². The van der Waals surface area contributed by atoms with Crippen molar-refractivity contribution in [2.45, 2.75) is 50.9 Å². The Hall–Kier alpha value is -3.99. The van der Waals surface area contributed by atoms with E-state index in [1.807, 2.05) is 6.92 Å². The van der Waals surface area contributed by atoms with E-state index in [-0.39, 0.29) is 28.5 Å². The molecule has 0 unspecified atom stereocenters. The number of nitrogens with zero attached hydrogens (tertiary/aromatic N) is 5. The van der Waals surface area contributed by atoms with Gasteiger partial charge in [0.25, 0.3) is 0 Å². The molecule has 1 fully saturated rings. The minimum absolute atomic E-state index is 0.131. The lowest BCUT2D eigenvalue weighted by Crippen LogP contribution is -2.38. The van der Waals surface area contributed by atoms with Crippen molar-refractivity contribution in [2.24, 2.45) is 5.41 Å². The van der Waals surface area contributed by atoms with Crippen LogP contribution in [0.4, 0.5) is 8.78 Å². The molecule has 1 saturated carbocycles. The van der Waals surface area contributed by atoms with Crippen LogP contribution in [-0.2, 0) is 5.41 Å². The minimum Gasteiger partial charge on any atom is -0.443 e. The molecule has 2 bridgehead atoms. The van der Waals surface area contributed by atoms with Crippen LogP contribution in [-0.4, -0.2) is 25.1 Å². The number of fused-ring (bicyclic) bond motifs is 5. The standard InChI is InChI=1S/C28H23F2N5O/c1-5-15(2)22-14-36-26(33-22)21-12-31-13-23(32-21)28-10-9-17(27(28,3)4)16-11-20(34-35-25(16)28)24-18(29)7-6-8-19(24)30/h1,6-8,11-15,17H,9-10H2,2-4H3/t15-,17+,28+/m1/s1. The molecule has 0 saturated heterocycles. The van der Waals surface area contributed by atoms with Crippen LogP contribution in [0, 0.1) is 29.4 Å². The molecule has 0 N–H and O–H groups in total. The van der Waals surface area contributed by atoms with E-state index in [1.165, 1.54) is 18.2 Å². The predicted molar refractivity (Wildman–Crippen MR) is 129 cm³/mol. The van der Waals surface area contributed by atoms with Gasteiger partial charge in [-0.25, -0.2) is 18.7 Å². The zero-order valence-corrected chi connectivity index (χ0v) is 20.1. The van der Waals surface area contributed by atoms with Gasteiger partial charge >= 0.3 is 0 Å². The average molecular weight is 484 g/mol. The zero-order valence-electron chi connectivity index (χ0n) is 20.1. The molecule has 0 radical (unpaired) electrons. The SMILES string of the molecule is C#C[C@@H](C)c1coc(-c2cncc([C@@]34CC[C@@H](c5cc(-c6c(F)cccc6F)nnc53)C4(C)C)n2)n1. The van der Waals surface area contributed by atoms with Crippen molar-refractivity contribution in [3.8, 4) is 35.2 Å². The van der Waals surface area contributed by atoms with Gasteiger partial charge in [0.05, 0.1) is 45.9 Å². The summed E-state index contributed by atoms with van der Waals surface area (Å²) >= 11 is 0. The summed E-state index contributed by atoms with van der Waals surface area (Å²) in [6.07, 6.45) is 12.1. The molecule has 36 heavy (non-hydrogen) atoms. The van der Waals surface area contributed by atoms with Crippen LogP contribution in [0.25, 0.3) is 22.8 Å². The topological polar surface area (TPSA) is 77.6 Å². The zero-order chi connectivity index (χ0) is 25.2. The van der Waals surface area contributed by atoms with Gasteiger partial charge in [-0.05, 0) is 54.9 Å². The summed E-state index contributed by atoms with van der Waals surface area (Å²) in [5.41, 5.74) is 2.84. The molecule has 2 aliphatic carbocycles. The normalized spacial score (nSPS) is 22.3. The van der Waals surface area contributed by atoms with Gasteiger partial charge in [-0.3, -0.25) is 4.98 Å². The van der Waals surface area contributed by atoms with E-state index >= 15 is 0 Å². The molecular formula is C28H23F2N5O. The molecule has 3 aromatic heterocycles. The largest absolute Gasteiger partial charge is 0.443 e. The molecule has 0 amide bonds. The van der Waals surface area contributed by atoms with Gasteiger partial charge in [-0.1, -0.05) is 25.8 Å². The van der Waals surface area contributed by atoms with Gasteiger partial charge in [0, 0.05) is 6.20 Å². The second-order valence-electron chi connectivity index (χ2n) is 10.1. The maximum Gasteiger partial charge on any atom is 0.246 e. The predicted octanol–water partition coefficient (Wildman–Crippen LogP) is 5.81. The third-order valence-electron chi connectivity index (χ3n) is 8.11. The second-order valence-corrected chi connectivity index (χ2v) is 10.1. The van der Waals surface area contributed by atoms with E-state index in [2.05, 4.69) is 39.9 Å². The quantitative estimate of drug-likeness (QED) is 0.341. The Bertz CT molecular complexity index is 1540. The van der Waals surface area contributed by atoms with Gasteiger partial charge in [0.1, 0.15) is 23.6 Å². The summed E-state index contributed by atoms with van der Waals surface area (Å²) in [6, 6.07) is 5.58. The number of aromatic nitrogens is 5. The molecule has 0 spiro atoms. The molecule has 1 aromatic carbocycles. The first-order valence-corrected chi connectivity index (χ1v) is 11.8. The Labute approximate surface area is 207 Å². The minimum atomic E-state index is -0.663. The Morgan fingerprint density at radius 3 is 2.64 bits per heavy atom. The molecule has 6 rings (SSSR count). The van der Waals surface area contributed by atoms with Crippen LogP contribution in [0.1, 0.15) is 68.1 Å². The first-order chi connectivity index (χ1) is 17.3. The van der Waals surface area contributed by atoms with Crippen LogP contribution >= 0.6 is 0 Å². The summed E-state index contributed by atoms with van der Waals surface area (Å²) in [5.74, 6) is 1.62. The van der Waals surface area contributed by atoms with Crippen molar-refractivity contribution in [1.82, 2.24) is 25.1 Å². The highest BCUT2D eigenvalue weighted by Crippen LogP contribution is 2.69. The summed E-state index contributed by atoms with van der Waals surface area (Å²) < 4.78 is 34.7. The third kappa shape index (κ3) is 2.92. The van der Waals surface area contributed by atoms with E-state index in [4.69, 9.17) is 15.8 Å². The van der Waals surface area contributed by atoms with Crippen molar-refractivity contribution < 1.29 is 13.2 Å². The van der Waals surface area contributed by atoms with Crippen molar-refractivity contribution in [3.63, 3.8) is 0 Å². The van der Waals surface area contributed by atoms with Crippen molar-refractivity contribution in [1.29, 1.82) is 0 Å². The maximum absolute atomic E-state index is 14.5. The fourth-order valence-electron chi connectivity index (χ4n) is 6.12. The molecular weight excluding hydrogens is 460 g/mol. The Balaban J connectivity index is 1.48. The fourth-order valence-corrected chi connectivity index (χ4v) is 6.12. The molecule has 3 atom stereocenters. The molecule has 6 nitrogen and oxygen atoms in total. The third-order valence-corrected chi connectivity index (χ3v) is 8.11. The van der Waals surface area contributed by atoms with Crippen LogP contribution in [0.2, 0.25) is 0 Å². The van der Waals surface area contributed by atoms with Crippen LogP contribution < -0.4 is 0 Å². The molecule has 0 aliphatic heterocycles. The van der Waals surface area contributed by atoms with Crippen molar-refractivity contribution >= 4 is 0 Å². The van der Waals surface area contributed by atoms with E-state index in [9.17, 15) is 8.78 Å². The lowest BCUT2D eigenvalue weighted by atomic mass is 9.66. The fraction of sp³-hybridized carbons (Fsp3) is 0.321. The van der Waals surface area contributed by atoms with E-state index in [1.54, 1.807) is 24.7 Å². The van der Waals surface area contributed by atoms with Crippen molar-refractivity contribution in [3.05, 3.63) is 77.2 Å². The lowest BCUT2D eigenvalue weighted by molar-refractivity contribution is 0.242.